The number of amides is 1. The van der Waals surface area contributed by atoms with Gasteiger partial charge in [-0.3, -0.25) is 4.79 Å². The monoisotopic (exact) mass is 217 g/mol. The molecule has 1 N–H and O–H groups in total. The van der Waals surface area contributed by atoms with Crippen molar-refractivity contribution in [1.82, 2.24) is 5.32 Å². The normalized spacial score (nSPS) is 11.2. The van der Waals surface area contributed by atoms with E-state index in [1.165, 1.54) is 0 Å². The van der Waals surface area contributed by atoms with Crippen molar-refractivity contribution in [1.29, 1.82) is 0 Å². The van der Waals surface area contributed by atoms with Crippen LogP contribution in [0.3, 0.4) is 0 Å². The Labute approximate surface area is 85.1 Å². The molecule has 1 aromatic carbocycles. The molecule has 1 rings (SSSR count). The molecule has 2 nitrogen and oxygen atoms in total. The number of halogens is 3. The summed E-state index contributed by atoms with van der Waals surface area (Å²) in [7, 11) is 0. The second kappa shape index (κ2) is 4.33. The average molecular weight is 217 g/mol. The third-order valence-electron chi connectivity index (χ3n) is 1.79. The molecule has 0 saturated heterocycles. The molecule has 0 bridgehead atoms. The molecule has 0 aromatic heterocycles. The standard InChI is InChI=1S/C10H10F3NO/c1-7-3-2-4-8(5-7)6-14-9(15)10(11,12)13/h2-5H,6H2,1H3,(H,14,15). The Kier molecular flexibility index (Phi) is 3.34. The minimum atomic E-state index is -4.82. The van der Waals surface area contributed by atoms with Gasteiger partial charge in [-0.05, 0) is 12.5 Å². The molecule has 1 aromatic rings. The van der Waals surface area contributed by atoms with Gasteiger partial charge in [-0.25, -0.2) is 0 Å². The Bertz CT molecular complexity index is 360. The Balaban J connectivity index is 2.55. The summed E-state index contributed by atoms with van der Waals surface area (Å²) in [6.07, 6.45) is -4.82. The summed E-state index contributed by atoms with van der Waals surface area (Å²) in [5.74, 6) is -1.91. The number of aryl methyl sites for hydroxylation is 1. The first-order valence-corrected chi connectivity index (χ1v) is 4.30. The van der Waals surface area contributed by atoms with Crippen molar-refractivity contribution in [2.24, 2.45) is 0 Å². The average Bonchev–Trinajstić information content (AvgIpc) is 2.12. The van der Waals surface area contributed by atoms with Crippen LogP contribution >= 0.6 is 0 Å². The van der Waals surface area contributed by atoms with Crippen molar-refractivity contribution in [2.45, 2.75) is 19.6 Å². The van der Waals surface area contributed by atoms with Crippen molar-refractivity contribution >= 4 is 5.91 Å². The molecule has 0 radical (unpaired) electrons. The molecule has 82 valence electrons. The van der Waals surface area contributed by atoms with E-state index < -0.39 is 12.1 Å². The predicted molar refractivity (Wildman–Crippen MR) is 49.1 cm³/mol. The van der Waals surface area contributed by atoms with Crippen LogP contribution in [0.1, 0.15) is 11.1 Å². The topological polar surface area (TPSA) is 29.1 Å². The smallest absolute Gasteiger partial charge is 0.344 e. The Morgan fingerprint density at radius 3 is 2.60 bits per heavy atom. The summed E-state index contributed by atoms with van der Waals surface area (Å²) >= 11 is 0. The number of alkyl halides is 3. The molecule has 0 fully saturated rings. The molecular formula is C10H10F3NO. The SMILES string of the molecule is Cc1cccc(CNC(=O)C(F)(F)F)c1. The van der Waals surface area contributed by atoms with Crippen LogP contribution in [0.15, 0.2) is 24.3 Å². The lowest BCUT2D eigenvalue weighted by Crippen LogP contribution is -2.36. The van der Waals surface area contributed by atoms with Crippen LogP contribution < -0.4 is 5.32 Å². The minimum Gasteiger partial charge on any atom is -0.344 e. The van der Waals surface area contributed by atoms with Crippen LogP contribution in [0, 0.1) is 6.92 Å². The van der Waals surface area contributed by atoms with Gasteiger partial charge in [-0.2, -0.15) is 13.2 Å². The fraction of sp³-hybridized carbons (Fsp3) is 0.300. The summed E-state index contributed by atoms with van der Waals surface area (Å²) in [4.78, 5) is 10.5. The highest BCUT2D eigenvalue weighted by Crippen LogP contribution is 2.14. The van der Waals surface area contributed by atoms with Gasteiger partial charge in [-0.1, -0.05) is 29.8 Å². The van der Waals surface area contributed by atoms with Gasteiger partial charge in [0.25, 0.3) is 0 Å². The number of carbonyl (C=O) groups is 1. The highest BCUT2D eigenvalue weighted by Gasteiger charge is 2.38. The largest absolute Gasteiger partial charge is 0.471 e. The van der Waals surface area contributed by atoms with Crippen molar-refractivity contribution in [2.75, 3.05) is 0 Å². The molecule has 0 saturated carbocycles. The number of hydrogen-bond donors (Lipinski definition) is 1. The van der Waals surface area contributed by atoms with E-state index in [0.717, 1.165) is 5.56 Å². The fourth-order valence-corrected chi connectivity index (χ4v) is 1.10. The predicted octanol–water partition coefficient (Wildman–Crippen LogP) is 2.17. The molecule has 0 aliphatic rings. The summed E-state index contributed by atoms with van der Waals surface area (Å²) in [6, 6.07) is 6.93. The van der Waals surface area contributed by atoms with E-state index in [4.69, 9.17) is 0 Å². The molecule has 0 aliphatic carbocycles. The van der Waals surface area contributed by atoms with E-state index >= 15 is 0 Å². The Morgan fingerprint density at radius 2 is 2.07 bits per heavy atom. The highest BCUT2D eigenvalue weighted by atomic mass is 19.4. The van der Waals surface area contributed by atoms with Gasteiger partial charge in [0.05, 0.1) is 0 Å². The zero-order valence-corrected chi connectivity index (χ0v) is 8.06. The maximum atomic E-state index is 11.8. The quantitative estimate of drug-likeness (QED) is 0.808. The molecule has 1 amide bonds. The van der Waals surface area contributed by atoms with Gasteiger partial charge in [0.2, 0.25) is 0 Å². The van der Waals surface area contributed by atoms with E-state index in [2.05, 4.69) is 0 Å². The second-order valence-corrected chi connectivity index (χ2v) is 3.17. The van der Waals surface area contributed by atoms with Crippen LogP contribution in [-0.2, 0) is 11.3 Å². The lowest BCUT2D eigenvalue weighted by atomic mass is 10.1. The molecule has 0 unspecified atom stereocenters. The summed E-state index contributed by atoms with van der Waals surface area (Å²) < 4.78 is 35.5. The van der Waals surface area contributed by atoms with Gasteiger partial charge in [0.15, 0.2) is 0 Å². The van der Waals surface area contributed by atoms with E-state index in [1.807, 2.05) is 13.0 Å². The first-order valence-electron chi connectivity index (χ1n) is 4.30. The molecule has 0 heterocycles. The molecule has 0 atom stereocenters. The number of nitrogens with one attached hydrogen (secondary N) is 1. The molecule has 15 heavy (non-hydrogen) atoms. The van der Waals surface area contributed by atoms with Crippen molar-refractivity contribution in [3.8, 4) is 0 Å². The Hall–Kier alpha value is -1.52. The summed E-state index contributed by atoms with van der Waals surface area (Å²) in [6.45, 7) is 1.72. The number of carbonyl (C=O) groups excluding carboxylic acids is 1. The second-order valence-electron chi connectivity index (χ2n) is 3.17. The third-order valence-corrected chi connectivity index (χ3v) is 1.79. The van der Waals surface area contributed by atoms with E-state index in [-0.39, 0.29) is 6.54 Å². The maximum absolute atomic E-state index is 11.8. The number of rotatable bonds is 2. The van der Waals surface area contributed by atoms with E-state index in [9.17, 15) is 18.0 Å². The number of benzene rings is 1. The van der Waals surface area contributed by atoms with Gasteiger partial charge >= 0.3 is 12.1 Å². The minimum absolute atomic E-state index is 0.111. The summed E-state index contributed by atoms with van der Waals surface area (Å²) in [5, 5.41) is 1.80. The number of hydrogen-bond acceptors (Lipinski definition) is 1. The lowest BCUT2D eigenvalue weighted by molar-refractivity contribution is -0.173. The third kappa shape index (κ3) is 3.61. The zero-order chi connectivity index (χ0) is 11.5. The fourth-order valence-electron chi connectivity index (χ4n) is 1.10. The van der Waals surface area contributed by atoms with Gasteiger partial charge in [0.1, 0.15) is 0 Å². The molecular weight excluding hydrogens is 207 g/mol. The lowest BCUT2D eigenvalue weighted by Gasteiger charge is -2.08. The van der Waals surface area contributed by atoms with Gasteiger partial charge in [-0.15, -0.1) is 0 Å². The van der Waals surface area contributed by atoms with Crippen molar-refractivity contribution in [3.05, 3.63) is 35.4 Å². The van der Waals surface area contributed by atoms with Crippen LogP contribution in [0.4, 0.5) is 13.2 Å². The van der Waals surface area contributed by atoms with Crippen LogP contribution in [0.5, 0.6) is 0 Å². The van der Waals surface area contributed by atoms with Crippen molar-refractivity contribution in [3.63, 3.8) is 0 Å². The van der Waals surface area contributed by atoms with Gasteiger partial charge < -0.3 is 5.32 Å². The first-order chi connectivity index (χ1) is 6.89. The Morgan fingerprint density at radius 1 is 1.40 bits per heavy atom. The van der Waals surface area contributed by atoms with Gasteiger partial charge in [0, 0.05) is 6.54 Å². The highest BCUT2D eigenvalue weighted by molar-refractivity contribution is 5.81. The maximum Gasteiger partial charge on any atom is 0.471 e. The summed E-state index contributed by atoms with van der Waals surface area (Å²) in [5.41, 5.74) is 1.58. The zero-order valence-electron chi connectivity index (χ0n) is 8.06. The molecule has 0 aliphatic heterocycles. The van der Waals surface area contributed by atoms with Crippen LogP contribution in [-0.4, -0.2) is 12.1 Å². The van der Waals surface area contributed by atoms with E-state index in [0.29, 0.717) is 5.56 Å². The first kappa shape index (κ1) is 11.6. The molecule has 0 spiro atoms. The van der Waals surface area contributed by atoms with Crippen LogP contribution in [0.25, 0.3) is 0 Å². The molecule has 5 heteroatoms. The van der Waals surface area contributed by atoms with E-state index in [1.54, 1.807) is 23.5 Å². The van der Waals surface area contributed by atoms with Crippen LogP contribution in [0.2, 0.25) is 0 Å². The van der Waals surface area contributed by atoms with Crippen molar-refractivity contribution < 1.29 is 18.0 Å².